The number of hydrogen-bond donors (Lipinski definition) is 1. The number of carboxylic acids is 1. The summed E-state index contributed by atoms with van der Waals surface area (Å²) in [5.74, 6) is 3.23. The van der Waals surface area contributed by atoms with Crippen LogP contribution < -0.4 is 0 Å². The lowest BCUT2D eigenvalue weighted by molar-refractivity contribution is 0.0701. The topological polar surface area (TPSA) is 40.5 Å². The van der Waals surface area contributed by atoms with Gasteiger partial charge in [0.1, 0.15) is 4.88 Å². The molecule has 0 bridgehead atoms. The van der Waals surface area contributed by atoms with E-state index in [1.807, 2.05) is 5.38 Å². The molecule has 1 saturated carbocycles. The van der Waals surface area contributed by atoms with Gasteiger partial charge in [-0.2, -0.15) is 0 Å². The van der Waals surface area contributed by atoms with Gasteiger partial charge in [-0.25, -0.2) is 4.79 Å². The van der Waals surface area contributed by atoms with Gasteiger partial charge in [-0.3, -0.25) is 0 Å². The van der Waals surface area contributed by atoms with Crippen molar-refractivity contribution in [2.75, 3.05) is 20.1 Å². The fourth-order valence-corrected chi connectivity index (χ4v) is 5.67. The van der Waals surface area contributed by atoms with Gasteiger partial charge in [0.05, 0.1) is 0 Å². The molecule has 1 fully saturated rings. The second kappa shape index (κ2) is 8.79. The molecule has 4 aliphatic rings. The fraction of sp³-hybridized carbons (Fsp3) is 0.423. The summed E-state index contributed by atoms with van der Waals surface area (Å²) in [6.45, 7) is 4.23. The molecule has 0 radical (unpaired) electrons. The van der Waals surface area contributed by atoms with E-state index in [0.29, 0.717) is 10.8 Å². The number of aromatic carboxylic acids is 1. The molecule has 1 aromatic heterocycles. The molecular formula is C26H29NO2S. The molecule has 0 saturated heterocycles. The molecule has 0 amide bonds. The lowest BCUT2D eigenvalue weighted by Gasteiger charge is -2.36. The smallest absolute Gasteiger partial charge is 0.346 e. The molecule has 1 aliphatic heterocycles. The van der Waals surface area contributed by atoms with Crippen LogP contribution in [0.15, 0.2) is 35.2 Å². The van der Waals surface area contributed by atoms with Crippen molar-refractivity contribution in [2.45, 2.75) is 39.0 Å². The summed E-state index contributed by atoms with van der Waals surface area (Å²) in [7, 11) is 2.15. The predicted molar refractivity (Wildman–Crippen MR) is 125 cm³/mol. The number of nitrogens with zero attached hydrogens (tertiary/aromatic N) is 1. The number of likely N-dealkylation sites (N-methyl/N-ethyl adjacent to an activating group) is 1. The Morgan fingerprint density at radius 2 is 1.93 bits per heavy atom. The molecule has 30 heavy (non-hydrogen) atoms. The SMILES string of the molecule is C#Cc1csc(C(=O)O)c1C1=C(C2CCC(C)CC2)CN(C)CC1.c1cc2cc-2c1. The van der Waals surface area contributed by atoms with E-state index in [4.69, 9.17) is 6.42 Å². The van der Waals surface area contributed by atoms with Crippen LogP contribution in [0.3, 0.4) is 0 Å². The van der Waals surface area contributed by atoms with Crippen LogP contribution in [0.4, 0.5) is 0 Å². The molecule has 0 unspecified atom stereocenters. The Morgan fingerprint density at radius 1 is 1.23 bits per heavy atom. The van der Waals surface area contributed by atoms with E-state index in [1.165, 1.54) is 59.3 Å². The van der Waals surface area contributed by atoms with E-state index in [1.54, 1.807) is 0 Å². The van der Waals surface area contributed by atoms with Crippen LogP contribution in [-0.2, 0) is 0 Å². The van der Waals surface area contributed by atoms with E-state index in [-0.39, 0.29) is 0 Å². The van der Waals surface area contributed by atoms with E-state index in [0.717, 1.165) is 36.6 Å². The lowest BCUT2D eigenvalue weighted by atomic mass is 9.75. The Hall–Kier alpha value is -2.35. The summed E-state index contributed by atoms with van der Waals surface area (Å²) in [5, 5.41) is 11.4. The summed E-state index contributed by atoms with van der Waals surface area (Å²) in [6.07, 6.45) is 11.5. The van der Waals surface area contributed by atoms with Crippen LogP contribution in [0.1, 0.15) is 59.8 Å². The number of fused-ring (bicyclic) bond motifs is 1. The van der Waals surface area contributed by atoms with Gasteiger partial charge in [0, 0.05) is 29.6 Å². The van der Waals surface area contributed by atoms with Gasteiger partial charge in [-0.05, 0) is 66.5 Å². The zero-order valence-corrected chi connectivity index (χ0v) is 18.6. The van der Waals surface area contributed by atoms with Crippen molar-refractivity contribution in [3.63, 3.8) is 0 Å². The average molecular weight is 420 g/mol. The molecule has 0 spiro atoms. The van der Waals surface area contributed by atoms with Crippen molar-refractivity contribution in [1.29, 1.82) is 0 Å². The van der Waals surface area contributed by atoms with Crippen molar-refractivity contribution in [3.05, 3.63) is 51.2 Å². The number of benzene rings is 1. The molecule has 0 atom stereocenters. The van der Waals surface area contributed by atoms with Gasteiger partial charge in [-0.1, -0.05) is 43.9 Å². The average Bonchev–Trinajstić information content (AvgIpc) is 3.14. The first-order valence-corrected chi connectivity index (χ1v) is 11.7. The number of carbonyl (C=O) groups is 1. The van der Waals surface area contributed by atoms with Gasteiger partial charge >= 0.3 is 5.97 Å². The molecule has 3 aliphatic carbocycles. The van der Waals surface area contributed by atoms with Gasteiger partial charge in [0.2, 0.25) is 0 Å². The second-order valence-electron chi connectivity index (χ2n) is 8.83. The van der Waals surface area contributed by atoms with Crippen molar-refractivity contribution in [2.24, 2.45) is 11.8 Å². The quantitative estimate of drug-likeness (QED) is 0.529. The molecule has 5 rings (SSSR count). The molecule has 3 nitrogen and oxygen atoms in total. The fourth-order valence-electron chi connectivity index (χ4n) is 4.79. The maximum absolute atomic E-state index is 11.7. The van der Waals surface area contributed by atoms with Crippen LogP contribution in [0, 0.1) is 24.2 Å². The Kier molecular flexibility index (Phi) is 6.13. The summed E-state index contributed by atoms with van der Waals surface area (Å²) in [5.41, 5.74) is 7.09. The zero-order chi connectivity index (χ0) is 21.3. The third-order valence-electron chi connectivity index (χ3n) is 6.64. The molecule has 4 heteroatoms. The highest BCUT2D eigenvalue weighted by Gasteiger charge is 2.30. The van der Waals surface area contributed by atoms with Gasteiger partial charge in [0.15, 0.2) is 0 Å². The Morgan fingerprint density at radius 3 is 2.47 bits per heavy atom. The predicted octanol–water partition coefficient (Wildman–Crippen LogP) is 6.01. The number of rotatable bonds is 3. The van der Waals surface area contributed by atoms with Crippen LogP contribution in [0.25, 0.3) is 16.7 Å². The Bertz CT molecular complexity index is 1000. The van der Waals surface area contributed by atoms with Gasteiger partial charge in [-0.15, -0.1) is 17.8 Å². The van der Waals surface area contributed by atoms with Crippen LogP contribution in [0.2, 0.25) is 0 Å². The Labute approximate surface area is 183 Å². The van der Waals surface area contributed by atoms with Gasteiger partial charge < -0.3 is 10.0 Å². The maximum Gasteiger partial charge on any atom is 0.346 e. The molecular weight excluding hydrogens is 390 g/mol. The van der Waals surface area contributed by atoms with E-state index in [9.17, 15) is 9.90 Å². The van der Waals surface area contributed by atoms with Crippen LogP contribution >= 0.6 is 11.3 Å². The maximum atomic E-state index is 11.7. The first-order valence-electron chi connectivity index (χ1n) is 10.8. The Balaban J connectivity index is 0.000000305. The monoisotopic (exact) mass is 419 g/mol. The second-order valence-corrected chi connectivity index (χ2v) is 9.71. The number of thiophene rings is 1. The number of hydrogen-bond acceptors (Lipinski definition) is 3. The first-order chi connectivity index (χ1) is 14.5. The minimum atomic E-state index is -0.862. The number of terminal acetylenes is 1. The van der Waals surface area contributed by atoms with E-state index in [2.05, 4.69) is 49.1 Å². The van der Waals surface area contributed by atoms with Crippen molar-refractivity contribution >= 4 is 22.9 Å². The lowest BCUT2D eigenvalue weighted by Crippen LogP contribution is -2.32. The molecule has 156 valence electrons. The molecule has 0 aromatic carbocycles. The largest absolute Gasteiger partial charge is 0.477 e. The van der Waals surface area contributed by atoms with E-state index >= 15 is 0 Å². The van der Waals surface area contributed by atoms with Crippen molar-refractivity contribution in [3.8, 4) is 23.5 Å². The highest BCUT2D eigenvalue weighted by atomic mass is 32.1. The third-order valence-corrected chi connectivity index (χ3v) is 7.60. The summed E-state index contributed by atoms with van der Waals surface area (Å²) >= 11 is 1.26. The minimum absolute atomic E-state index is 0.407. The third kappa shape index (κ3) is 4.38. The summed E-state index contributed by atoms with van der Waals surface area (Å²) < 4.78 is 0. The van der Waals surface area contributed by atoms with E-state index < -0.39 is 5.97 Å². The molecule has 2 heterocycles. The minimum Gasteiger partial charge on any atom is -0.477 e. The van der Waals surface area contributed by atoms with Gasteiger partial charge in [0.25, 0.3) is 0 Å². The molecule has 1 aromatic rings. The zero-order valence-electron chi connectivity index (χ0n) is 17.8. The first kappa shape index (κ1) is 20.9. The van der Waals surface area contributed by atoms with Crippen LogP contribution in [0.5, 0.6) is 0 Å². The highest BCUT2D eigenvalue weighted by molar-refractivity contribution is 7.12. The highest BCUT2D eigenvalue weighted by Crippen LogP contribution is 2.42. The standard InChI is InChI=1S/C20H25NO2S.C6H4/c1-4-14-12-24-19(20(22)23)18(14)16-9-10-21(3)11-17(16)15-7-5-13(2)6-8-15;1-2-5-4-6(5)3-1/h1,12-13,15H,5-11H2,2-3H3,(H,22,23);1-4H. The number of carboxylic acid groups (broad SMARTS) is 1. The molecule has 1 N–H and O–H groups in total. The summed E-state index contributed by atoms with van der Waals surface area (Å²) in [6, 6.07) is 8.48. The summed E-state index contributed by atoms with van der Waals surface area (Å²) in [4.78, 5) is 14.4. The normalized spacial score (nSPS) is 22.7. The van der Waals surface area contributed by atoms with Crippen molar-refractivity contribution in [1.82, 2.24) is 4.90 Å². The van der Waals surface area contributed by atoms with Crippen molar-refractivity contribution < 1.29 is 9.90 Å². The van der Waals surface area contributed by atoms with Crippen LogP contribution in [-0.4, -0.2) is 36.1 Å².